The molecule has 4 aromatic carbocycles. The Balaban J connectivity index is 1.45. The first-order chi connectivity index (χ1) is 18.6. The topological polar surface area (TPSA) is 80.6 Å². The van der Waals surface area contributed by atoms with Crippen LogP contribution in [0.5, 0.6) is 17.2 Å². The Labute approximate surface area is 226 Å². The van der Waals surface area contributed by atoms with Crippen LogP contribution in [0.25, 0.3) is 6.08 Å². The number of methoxy groups -OCH3 is 1. The summed E-state index contributed by atoms with van der Waals surface area (Å²) in [5.41, 5.74) is 2.87. The molecule has 4 rings (SSSR count). The number of benzene rings is 4. The zero-order valence-electron chi connectivity index (χ0n) is 20.7. The Kier molecular flexibility index (Phi) is 9.01. The second-order valence-electron chi connectivity index (χ2n) is 8.21. The molecule has 0 fully saturated rings. The van der Waals surface area contributed by atoms with Crippen LogP contribution in [0.2, 0.25) is 5.02 Å². The monoisotopic (exact) mass is 524 g/mol. The van der Waals surface area contributed by atoms with E-state index in [-0.39, 0.29) is 12.2 Å². The van der Waals surface area contributed by atoms with Crippen molar-refractivity contribution in [1.29, 1.82) is 5.26 Å². The minimum absolute atomic E-state index is 0.0813. The third-order valence-electron chi connectivity index (χ3n) is 5.59. The van der Waals surface area contributed by atoms with Crippen molar-refractivity contribution < 1.29 is 19.0 Å². The lowest BCUT2D eigenvalue weighted by molar-refractivity contribution is -0.112. The molecule has 1 amide bonds. The maximum absolute atomic E-state index is 12.9. The van der Waals surface area contributed by atoms with Crippen molar-refractivity contribution in [2.45, 2.75) is 13.2 Å². The first-order valence-corrected chi connectivity index (χ1v) is 12.2. The number of nitriles is 1. The molecule has 0 aliphatic heterocycles. The average Bonchev–Trinajstić information content (AvgIpc) is 2.96. The molecular weight excluding hydrogens is 500 g/mol. The maximum Gasteiger partial charge on any atom is 0.266 e. The SMILES string of the molecule is COc1ccc(/C=C(\C#N)C(=O)Nc2ccc(OCc3ccccc3)cc2)c(OCc2ccccc2Cl)c1. The van der Waals surface area contributed by atoms with E-state index >= 15 is 0 Å². The second kappa shape index (κ2) is 13.0. The summed E-state index contributed by atoms with van der Waals surface area (Å²) in [6.07, 6.45) is 1.48. The Bertz CT molecular complexity index is 1460. The van der Waals surface area contributed by atoms with Gasteiger partial charge in [0.05, 0.1) is 7.11 Å². The molecule has 4 aromatic rings. The van der Waals surface area contributed by atoms with Gasteiger partial charge in [0.25, 0.3) is 5.91 Å². The highest BCUT2D eigenvalue weighted by Gasteiger charge is 2.13. The average molecular weight is 525 g/mol. The summed E-state index contributed by atoms with van der Waals surface area (Å²) >= 11 is 6.25. The van der Waals surface area contributed by atoms with Gasteiger partial charge in [0.1, 0.15) is 42.1 Å². The summed E-state index contributed by atoms with van der Waals surface area (Å²) in [7, 11) is 1.55. The quantitative estimate of drug-likeness (QED) is 0.177. The van der Waals surface area contributed by atoms with E-state index in [1.54, 1.807) is 55.6 Å². The molecule has 0 radical (unpaired) electrons. The van der Waals surface area contributed by atoms with Gasteiger partial charge in [-0.05, 0) is 54.1 Å². The molecule has 7 heteroatoms. The van der Waals surface area contributed by atoms with Gasteiger partial charge in [-0.2, -0.15) is 5.26 Å². The standard InChI is InChI=1S/C31H25ClN2O4/c1-36-28-14-11-23(30(18-28)38-21-24-9-5-6-10-29(24)32)17-25(19-33)31(35)34-26-12-15-27(16-13-26)37-20-22-7-3-2-4-8-22/h2-18H,20-21H2,1H3,(H,34,35)/b25-17+. The van der Waals surface area contributed by atoms with Crippen molar-refractivity contribution in [3.63, 3.8) is 0 Å². The fourth-order valence-electron chi connectivity index (χ4n) is 3.53. The number of hydrogen-bond acceptors (Lipinski definition) is 5. The lowest BCUT2D eigenvalue weighted by Gasteiger charge is -2.12. The zero-order chi connectivity index (χ0) is 26.7. The van der Waals surface area contributed by atoms with Crippen LogP contribution in [0.1, 0.15) is 16.7 Å². The fourth-order valence-corrected chi connectivity index (χ4v) is 3.73. The number of ether oxygens (including phenoxy) is 3. The van der Waals surface area contributed by atoms with Crippen LogP contribution < -0.4 is 19.5 Å². The van der Waals surface area contributed by atoms with E-state index < -0.39 is 5.91 Å². The number of nitrogens with one attached hydrogen (secondary N) is 1. The zero-order valence-corrected chi connectivity index (χ0v) is 21.4. The molecule has 0 unspecified atom stereocenters. The molecule has 0 bridgehead atoms. The summed E-state index contributed by atoms with van der Waals surface area (Å²) in [5, 5.41) is 13.0. The summed E-state index contributed by atoms with van der Waals surface area (Å²) in [4.78, 5) is 12.9. The minimum atomic E-state index is -0.543. The number of anilines is 1. The van der Waals surface area contributed by atoms with Gasteiger partial charge in [-0.3, -0.25) is 4.79 Å². The van der Waals surface area contributed by atoms with Crippen LogP contribution in [0, 0.1) is 11.3 Å². The van der Waals surface area contributed by atoms with Crippen molar-refractivity contribution >= 4 is 29.3 Å². The summed E-state index contributed by atoms with van der Waals surface area (Å²) < 4.78 is 17.1. The van der Waals surface area contributed by atoms with Gasteiger partial charge >= 0.3 is 0 Å². The smallest absolute Gasteiger partial charge is 0.266 e. The Morgan fingerprint density at radius 3 is 2.32 bits per heavy atom. The molecule has 0 aliphatic carbocycles. The first-order valence-electron chi connectivity index (χ1n) is 11.8. The van der Waals surface area contributed by atoms with Crippen LogP contribution in [0.15, 0.2) is 103 Å². The Hall–Kier alpha value is -4.73. The van der Waals surface area contributed by atoms with Gasteiger partial charge in [-0.25, -0.2) is 0 Å². The Morgan fingerprint density at radius 2 is 1.61 bits per heavy atom. The summed E-state index contributed by atoms with van der Waals surface area (Å²) in [5.74, 6) is 1.15. The van der Waals surface area contributed by atoms with E-state index in [1.807, 2.05) is 54.6 Å². The van der Waals surface area contributed by atoms with Crippen molar-refractivity contribution in [3.05, 3.63) is 124 Å². The molecule has 190 valence electrons. The van der Waals surface area contributed by atoms with Crippen LogP contribution in [-0.4, -0.2) is 13.0 Å². The van der Waals surface area contributed by atoms with E-state index in [4.69, 9.17) is 25.8 Å². The fraction of sp³-hybridized carbons (Fsp3) is 0.0968. The van der Waals surface area contributed by atoms with Crippen molar-refractivity contribution in [2.24, 2.45) is 0 Å². The van der Waals surface area contributed by atoms with Crippen molar-refractivity contribution in [1.82, 2.24) is 0 Å². The molecule has 0 saturated heterocycles. The second-order valence-corrected chi connectivity index (χ2v) is 8.61. The number of carbonyl (C=O) groups excluding carboxylic acids is 1. The van der Waals surface area contributed by atoms with Gasteiger partial charge in [0.2, 0.25) is 0 Å². The van der Waals surface area contributed by atoms with Crippen LogP contribution in [-0.2, 0) is 18.0 Å². The predicted molar refractivity (Wildman–Crippen MR) is 148 cm³/mol. The number of nitrogens with zero attached hydrogens (tertiary/aromatic N) is 1. The normalized spacial score (nSPS) is 10.8. The highest BCUT2D eigenvalue weighted by molar-refractivity contribution is 6.31. The highest BCUT2D eigenvalue weighted by Crippen LogP contribution is 2.29. The van der Waals surface area contributed by atoms with E-state index in [0.29, 0.717) is 40.1 Å². The van der Waals surface area contributed by atoms with Gasteiger partial charge in [0.15, 0.2) is 0 Å². The van der Waals surface area contributed by atoms with E-state index in [9.17, 15) is 10.1 Å². The van der Waals surface area contributed by atoms with Gasteiger partial charge in [0, 0.05) is 27.9 Å². The molecule has 0 spiro atoms. The van der Waals surface area contributed by atoms with Gasteiger partial charge in [-0.15, -0.1) is 0 Å². The minimum Gasteiger partial charge on any atom is -0.497 e. The third kappa shape index (κ3) is 7.16. The number of carbonyl (C=O) groups is 1. The molecule has 1 N–H and O–H groups in total. The molecular formula is C31H25ClN2O4. The van der Waals surface area contributed by atoms with E-state index in [2.05, 4.69) is 5.32 Å². The number of rotatable bonds is 10. The Morgan fingerprint density at radius 1 is 0.895 bits per heavy atom. The molecule has 0 aromatic heterocycles. The molecule has 6 nitrogen and oxygen atoms in total. The summed E-state index contributed by atoms with van der Waals surface area (Å²) in [6.45, 7) is 0.650. The molecule has 0 heterocycles. The predicted octanol–water partition coefficient (Wildman–Crippen LogP) is 7.05. The largest absolute Gasteiger partial charge is 0.497 e. The van der Waals surface area contributed by atoms with Gasteiger partial charge in [-0.1, -0.05) is 60.1 Å². The third-order valence-corrected chi connectivity index (χ3v) is 5.96. The lowest BCUT2D eigenvalue weighted by atomic mass is 10.1. The molecule has 0 aliphatic rings. The molecule has 0 saturated carbocycles. The molecule has 0 atom stereocenters. The van der Waals surface area contributed by atoms with E-state index in [0.717, 1.165) is 11.1 Å². The molecule has 38 heavy (non-hydrogen) atoms. The summed E-state index contributed by atoms with van der Waals surface area (Å²) in [6, 6.07) is 31.3. The lowest BCUT2D eigenvalue weighted by Crippen LogP contribution is -2.13. The van der Waals surface area contributed by atoms with E-state index in [1.165, 1.54) is 6.08 Å². The number of halogens is 1. The first kappa shape index (κ1) is 26.3. The van der Waals surface area contributed by atoms with Crippen LogP contribution in [0.4, 0.5) is 5.69 Å². The number of hydrogen-bond donors (Lipinski definition) is 1. The maximum atomic E-state index is 12.9. The van der Waals surface area contributed by atoms with Crippen molar-refractivity contribution in [3.8, 4) is 23.3 Å². The highest BCUT2D eigenvalue weighted by atomic mass is 35.5. The van der Waals surface area contributed by atoms with Crippen molar-refractivity contribution in [2.75, 3.05) is 12.4 Å². The number of amides is 1. The van der Waals surface area contributed by atoms with Gasteiger partial charge < -0.3 is 19.5 Å². The van der Waals surface area contributed by atoms with Crippen LogP contribution >= 0.6 is 11.6 Å². The van der Waals surface area contributed by atoms with Crippen LogP contribution in [0.3, 0.4) is 0 Å².